The largest absolute Gasteiger partial charge is 0.497 e. The molecule has 2 N–H and O–H groups in total. The van der Waals surface area contributed by atoms with Gasteiger partial charge in [-0.2, -0.15) is 0 Å². The third-order valence-electron chi connectivity index (χ3n) is 4.35. The molecule has 0 aromatic heterocycles. The topological polar surface area (TPSA) is 68.2 Å². The van der Waals surface area contributed by atoms with Crippen LogP contribution in [0, 0.1) is 0 Å². The van der Waals surface area contributed by atoms with Gasteiger partial charge in [0.05, 0.1) is 20.3 Å². The van der Waals surface area contributed by atoms with Crippen molar-refractivity contribution >= 4 is 0 Å². The molecule has 0 aliphatic carbocycles. The fourth-order valence-corrected chi connectivity index (χ4v) is 2.83. The van der Waals surface area contributed by atoms with Crippen molar-refractivity contribution in [3.8, 4) is 5.75 Å². The van der Waals surface area contributed by atoms with Crippen LogP contribution in [0.5, 0.6) is 5.75 Å². The van der Waals surface area contributed by atoms with Gasteiger partial charge in [0.15, 0.2) is 0 Å². The molecule has 5 heteroatoms. The molecule has 0 aliphatic heterocycles. The van der Waals surface area contributed by atoms with Crippen molar-refractivity contribution in [1.82, 2.24) is 0 Å². The van der Waals surface area contributed by atoms with Gasteiger partial charge < -0.3 is 24.4 Å². The average Bonchev–Trinajstić information content (AvgIpc) is 2.75. The molecule has 0 amide bonds. The standard InChI is InChI=1S/C23H28O5/c1-4-15-27-23(20(24)5-2)21(25)22(18-9-7-6-8-10-18)28-16-17-11-13-19(26-3)14-12-17/h4-14,20-25H,1-2,15-16H2,3H3/t20-,21-,22-,23+/m0/s1. The lowest BCUT2D eigenvalue weighted by atomic mass is 9.96. The number of hydrogen-bond acceptors (Lipinski definition) is 5. The third-order valence-corrected chi connectivity index (χ3v) is 4.35. The predicted octanol–water partition coefficient (Wildman–Crippen LogP) is 3.43. The summed E-state index contributed by atoms with van der Waals surface area (Å²) in [6.45, 7) is 7.67. The van der Waals surface area contributed by atoms with Crippen molar-refractivity contribution in [1.29, 1.82) is 0 Å². The minimum absolute atomic E-state index is 0.187. The van der Waals surface area contributed by atoms with Gasteiger partial charge >= 0.3 is 0 Å². The zero-order chi connectivity index (χ0) is 20.4. The molecule has 5 nitrogen and oxygen atoms in total. The summed E-state index contributed by atoms with van der Waals surface area (Å²) in [6, 6.07) is 16.9. The molecule has 150 valence electrons. The Morgan fingerprint density at radius 3 is 2.21 bits per heavy atom. The summed E-state index contributed by atoms with van der Waals surface area (Å²) >= 11 is 0. The molecule has 0 radical (unpaired) electrons. The first-order chi connectivity index (χ1) is 13.6. The number of aliphatic hydroxyl groups excluding tert-OH is 2. The van der Waals surface area contributed by atoms with Crippen LogP contribution >= 0.6 is 0 Å². The SMILES string of the molecule is C=CCO[C@@H]([C@@H](O)[C@@H](OCc1ccc(OC)cc1)c1ccccc1)[C@@H](O)C=C. The Hall–Kier alpha value is -2.44. The van der Waals surface area contributed by atoms with Crippen molar-refractivity contribution in [2.24, 2.45) is 0 Å². The summed E-state index contributed by atoms with van der Waals surface area (Å²) in [4.78, 5) is 0. The van der Waals surface area contributed by atoms with E-state index in [1.807, 2.05) is 54.6 Å². The molecule has 0 spiro atoms. The van der Waals surface area contributed by atoms with Gasteiger partial charge in [-0.05, 0) is 23.3 Å². The summed E-state index contributed by atoms with van der Waals surface area (Å²) in [5, 5.41) is 21.2. The summed E-state index contributed by atoms with van der Waals surface area (Å²) in [6.07, 6.45) is -0.878. The maximum absolute atomic E-state index is 11.0. The molecule has 2 aromatic rings. The Bertz CT molecular complexity index is 714. The Morgan fingerprint density at radius 2 is 1.64 bits per heavy atom. The highest BCUT2D eigenvalue weighted by Crippen LogP contribution is 2.28. The zero-order valence-corrected chi connectivity index (χ0v) is 16.1. The Morgan fingerprint density at radius 1 is 0.964 bits per heavy atom. The van der Waals surface area contributed by atoms with Crippen LogP contribution < -0.4 is 4.74 Å². The molecule has 2 aromatic carbocycles. The molecule has 0 heterocycles. The Kier molecular flexibility index (Phi) is 8.91. The summed E-state index contributed by atoms with van der Waals surface area (Å²) in [5.41, 5.74) is 1.72. The molecule has 0 saturated carbocycles. The molecule has 2 rings (SSSR count). The first-order valence-electron chi connectivity index (χ1n) is 9.11. The van der Waals surface area contributed by atoms with E-state index < -0.39 is 24.4 Å². The third kappa shape index (κ3) is 6.04. The highest BCUT2D eigenvalue weighted by Gasteiger charge is 2.34. The smallest absolute Gasteiger partial charge is 0.118 e. The number of aliphatic hydroxyl groups is 2. The minimum atomic E-state index is -1.12. The quantitative estimate of drug-likeness (QED) is 0.549. The van der Waals surface area contributed by atoms with Crippen LogP contribution in [-0.4, -0.2) is 42.2 Å². The second kappa shape index (κ2) is 11.4. The maximum Gasteiger partial charge on any atom is 0.118 e. The molecule has 0 fully saturated rings. The monoisotopic (exact) mass is 384 g/mol. The van der Waals surface area contributed by atoms with Gasteiger partial charge in [-0.25, -0.2) is 0 Å². The Labute approximate surface area is 166 Å². The first-order valence-corrected chi connectivity index (χ1v) is 9.11. The lowest BCUT2D eigenvalue weighted by Crippen LogP contribution is -2.43. The maximum atomic E-state index is 11.0. The highest BCUT2D eigenvalue weighted by atomic mass is 16.5. The average molecular weight is 384 g/mol. The Balaban J connectivity index is 2.21. The van der Waals surface area contributed by atoms with Gasteiger partial charge in [-0.3, -0.25) is 0 Å². The van der Waals surface area contributed by atoms with E-state index in [1.165, 1.54) is 6.08 Å². The summed E-state index contributed by atoms with van der Waals surface area (Å²) in [7, 11) is 1.61. The molecular weight excluding hydrogens is 356 g/mol. The molecule has 28 heavy (non-hydrogen) atoms. The van der Waals surface area contributed by atoms with Gasteiger partial charge in [0.2, 0.25) is 0 Å². The number of hydrogen-bond donors (Lipinski definition) is 2. The second-order valence-corrected chi connectivity index (χ2v) is 6.29. The normalized spacial score (nSPS) is 15.2. The molecule has 0 bridgehead atoms. The minimum Gasteiger partial charge on any atom is -0.497 e. The van der Waals surface area contributed by atoms with Gasteiger partial charge in [-0.1, -0.05) is 54.6 Å². The van der Waals surface area contributed by atoms with Crippen molar-refractivity contribution in [2.45, 2.75) is 31.0 Å². The van der Waals surface area contributed by atoms with Gasteiger partial charge in [-0.15, -0.1) is 13.2 Å². The molecule has 0 aliphatic rings. The van der Waals surface area contributed by atoms with E-state index in [9.17, 15) is 10.2 Å². The summed E-state index contributed by atoms with van der Waals surface area (Å²) < 4.78 is 16.8. The van der Waals surface area contributed by atoms with Crippen molar-refractivity contribution in [3.05, 3.63) is 91.0 Å². The van der Waals surface area contributed by atoms with E-state index in [0.29, 0.717) is 0 Å². The second-order valence-electron chi connectivity index (χ2n) is 6.29. The van der Waals surface area contributed by atoms with Crippen LogP contribution in [0.3, 0.4) is 0 Å². The fraction of sp³-hybridized carbons (Fsp3) is 0.304. The highest BCUT2D eigenvalue weighted by molar-refractivity contribution is 5.27. The number of ether oxygens (including phenoxy) is 3. The summed E-state index contributed by atoms with van der Waals surface area (Å²) in [5.74, 6) is 0.760. The molecular formula is C23H28O5. The predicted molar refractivity (Wildman–Crippen MR) is 109 cm³/mol. The van der Waals surface area contributed by atoms with Crippen LogP contribution in [-0.2, 0) is 16.1 Å². The van der Waals surface area contributed by atoms with Crippen LogP contribution in [0.25, 0.3) is 0 Å². The van der Waals surface area contributed by atoms with E-state index in [2.05, 4.69) is 13.2 Å². The lowest BCUT2D eigenvalue weighted by molar-refractivity contribution is -0.139. The van der Waals surface area contributed by atoms with E-state index in [-0.39, 0.29) is 13.2 Å². The number of methoxy groups -OCH3 is 1. The van der Waals surface area contributed by atoms with Crippen LogP contribution in [0.1, 0.15) is 17.2 Å². The first kappa shape index (κ1) is 21.9. The molecule has 0 unspecified atom stereocenters. The van der Waals surface area contributed by atoms with E-state index in [1.54, 1.807) is 13.2 Å². The van der Waals surface area contributed by atoms with Crippen molar-refractivity contribution in [3.63, 3.8) is 0 Å². The number of rotatable bonds is 12. The van der Waals surface area contributed by atoms with Gasteiger partial charge in [0.1, 0.15) is 30.2 Å². The van der Waals surface area contributed by atoms with Crippen molar-refractivity contribution < 1.29 is 24.4 Å². The molecule has 4 atom stereocenters. The fourth-order valence-electron chi connectivity index (χ4n) is 2.83. The van der Waals surface area contributed by atoms with Crippen LogP contribution in [0.4, 0.5) is 0 Å². The van der Waals surface area contributed by atoms with Gasteiger partial charge in [0.25, 0.3) is 0 Å². The van der Waals surface area contributed by atoms with E-state index >= 15 is 0 Å². The number of benzene rings is 2. The van der Waals surface area contributed by atoms with Crippen LogP contribution in [0.2, 0.25) is 0 Å². The van der Waals surface area contributed by atoms with Crippen molar-refractivity contribution in [2.75, 3.05) is 13.7 Å². The lowest BCUT2D eigenvalue weighted by Gasteiger charge is -2.32. The zero-order valence-electron chi connectivity index (χ0n) is 16.1. The van der Waals surface area contributed by atoms with E-state index in [4.69, 9.17) is 14.2 Å². The van der Waals surface area contributed by atoms with Crippen LogP contribution in [0.15, 0.2) is 79.9 Å². The van der Waals surface area contributed by atoms with Gasteiger partial charge in [0, 0.05) is 0 Å². The molecule has 0 saturated heterocycles. The van der Waals surface area contributed by atoms with E-state index in [0.717, 1.165) is 16.9 Å².